The van der Waals surface area contributed by atoms with E-state index in [9.17, 15) is 4.79 Å². The van der Waals surface area contributed by atoms with Crippen LogP contribution in [0.4, 0.5) is 5.82 Å². The molecule has 0 aliphatic carbocycles. The average Bonchev–Trinajstić information content (AvgIpc) is 3.04. The van der Waals surface area contributed by atoms with Crippen molar-refractivity contribution in [1.29, 1.82) is 0 Å². The lowest BCUT2D eigenvalue weighted by Gasteiger charge is -2.35. The Hall–Kier alpha value is -2.09. The van der Waals surface area contributed by atoms with Gasteiger partial charge in [0.25, 0.3) is 0 Å². The summed E-state index contributed by atoms with van der Waals surface area (Å²) in [5.41, 5.74) is 6.89. The van der Waals surface area contributed by atoms with E-state index >= 15 is 0 Å². The summed E-state index contributed by atoms with van der Waals surface area (Å²) in [6.07, 6.45) is 10.4. The van der Waals surface area contributed by atoms with Crippen molar-refractivity contribution in [1.82, 2.24) is 24.4 Å². The standard InChI is InChI=1S/C21H36N6O2/c1-3-5-12-26-13-8-7-10-16(26)11-9-14-27-19-17(23-21(27)28)18(22)24-20(25-19)29-15-6-4-2/h16H,3-15H2,1-2H3,(H,23,28)(H2,22,24,25). The molecular formula is C21H36N6O2. The molecule has 1 saturated heterocycles. The number of nitrogens with zero attached hydrogens (tertiary/aromatic N) is 4. The molecule has 1 aliphatic rings. The lowest BCUT2D eigenvalue weighted by Crippen LogP contribution is -2.40. The fourth-order valence-corrected chi connectivity index (χ4v) is 4.14. The van der Waals surface area contributed by atoms with Crippen molar-refractivity contribution in [3.63, 3.8) is 0 Å². The van der Waals surface area contributed by atoms with E-state index in [0.717, 1.165) is 25.7 Å². The Balaban J connectivity index is 1.67. The summed E-state index contributed by atoms with van der Waals surface area (Å²) in [5, 5.41) is 0. The first kappa shape index (κ1) is 21.6. The van der Waals surface area contributed by atoms with Gasteiger partial charge in [-0.05, 0) is 51.6 Å². The number of piperidine rings is 1. The number of aromatic amines is 1. The summed E-state index contributed by atoms with van der Waals surface area (Å²) in [6.45, 7) is 7.92. The van der Waals surface area contributed by atoms with Crippen LogP contribution in [0.3, 0.4) is 0 Å². The number of nitrogens with one attached hydrogen (secondary N) is 1. The second-order valence-corrected chi connectivity index (χ2v) is 8.06. The molecule has 8 heteroatoms. The maximum absolute atomic E-state index is 12.5. The van der Waals surface area contributed by atoms with E-state index in [2.05, 4.69) is 33.7 Å². The highest BCUT2D eigenvalue weighted by Crippen LogP contribution is 2.23. The van der Waals surface area contributed by atoms with Gasteiger partial charge in [-0.1, -0.05) is 33.1 Å². The molecule has 29 heavy (non-hydrogen) atoms. The van der Waals surface area contributed by atoms with Gasteiger partial charge in [-0.3, -0.25) is 4.57 Å². The number of imidazole rings is 1. The number of ether oxygens (including phenoxy) is 1. The van der Waals surface area contributed by atoms with Gasteiger partial charge in [0.2, 0.25) is 0 Å². The van der Waals surface area contributed by atoms with Crippen molar-refractivity contribution in [2.75, 3.05) is 25.4 Å². The van der Waals surface area contributed by atoms with Crippen LogP contribution in [0.25, 0.3) is 11.2 Å². The van der Waals surface area contributed by atoms with E-state index < -0.39 is 0 Å². The van der Waals surface area contributed by atoms with Crippen LogP contribution in [0.1, 0.15) is 71.6 Å². The third-order valence-electron chi connectivity index (χ3n) is 5.83. The quantitative estimate of drug-likeness (QED) is 0.557. The van der Waals surface area contributed by atoms with Gasteiger partial charge in [0.1, 0.15) is 5.52 Å². The minimum Gasteiger partial charge on any atom is -0.463 e. The summed E-state index contributed by atoms with van der Waals surface area (Å²) >= 11 is 0. The van der Waals surface area contributed by atoms with Crippen LogP contribution in [-0.2, 0) is 6.54 Å². The molecule has 1 atom stereocenters. The van der Waals surface area contributed by atoms with Gasteiger partial charge in [0.15, 0.2) is 11.5 Å². The van der Waals surface area contributed by atoms with Crippen LogP contribution in [0.2, 0.25) is 0 Å². The van der Waals surface area contributed by atoms with E-state index in [1.54, 1.807) is 4.57 Å². The molecule has 0 spiro atoms. The lowest BCUT2D eigenvalue weighted by atomic mass is 9.97. The first-order valence-corrected chi connectivity index (χ1v) is 11.3. The Morgan fingerprint density at radius 2 is 1.97 bits per heavy atom. The molecule has 1 unspecified atom stereocenters. The molecule has 0 radical (unpaired) electrons. The van der Waals surface area contributed by atoms with Gasteiger partial charge in [-0.2, -0.15) is 9.97 Å². The highest BCUT2D eigenvalue weighted by atomic mass is 16.5. The molecule has 1 fully saturated rings. The highest BCUT2D eigenvalue weighted by Gasteiger charge is 2.22. The van der Waals surface area contributed by atoms with Crippen LogP contribution in [-0.4, -0.2) is 50.2 Å². The fraction of sp³-hybridized carbons (Fsp3) is 0.762. The number of nitrogen functional groups attached to an aromatic ring is 1. The zero-order valence-electron chi connectivity index (χ0n) is 18.0. The van der Waals surface area contributed by atoms with Gasteiger partial charge in [-0.25, -0.2) is 4.79 Å². The van der Waals surface area contributed by atoms with Gasteiger partial charge in [-0.15, -0.1) is 0 Å². The van der Waals surface area contributed by atoms with Crippen molar-refractivity contribution in [2.24, 2.45) is 0 Å². The molecule has 2 aromatic heterocycles. The molecule has 0 aromatic carbocycles. The number of likely N-dealkylation sites (tertiary alicyclic amines) is 1. The SMILES string of the molecule is CCCCOc1nc(N)c2[nH]c(=O)n(CCCC3CCCCN3CCCC)c2n1. The Labute approximate surface area is 172 Å². The van der Waals surface area contributed by atoms with Crippen molar-refractivity contribution < 1.29 is 4.74 Å². The largest absolute Gasteiger partial charge is 0.463 e. The number of unbranched alkanes of at least 4 members (excludes halogenated alkanes) is 2. The molecule has 3 heterocycles. The predicted molar refractivity (Wildman–Crippen MR) is 116 cm³/mol. The molecule has 3 N–H and O–H groups in total. The van der Waals surface area contributed by atoms with Crippen LogP contribution < -0.4 is 16.2 Å². The summed E-state index contributed by atoms with van der Waals surface area (Å²) in [5.74, 6) is 0.260. The summed E-state index contributed by atoms with van der Waals surface area (Å²) in [6, 6.07) is 0.873. The van der Waals surface area contributed by atoms with Gasteiger partial charge in [0, 0.05) is 12.6 Å². The van der Waals surface area contributed by atoms with E-state index in [0.29, 0.717) is 30.4 Å². The number of hydrogen-bond acceptors (Lipinski definition) is 6. The van der Waals surface area contributed by atoms with Crippen molar-refractivity contribution in [2.45, 2.75) is 84.2 Å². The summed E-state index contributed by atoms with van der Waals surface area (Å²) in [7, 11) is 0. The third kappa shape index (κ3) is 5.50. The molecule has 0 amide bonds. The topological polar surface area (TPSA) is 102 Å². The smallest absolute Gasteiger partial charge is 0.327 e. The second kappa shape index (κ2) is 10.6. The van der Waals surface area contributed by atoms with Crippen LogP contribution in [0.5, 0.6) is 6.01 Å². The first-order chi connectivity index (χ1) is 14.1. The minimum atomic E-state index is -0.182. The molecule has 0 bridgehead atoms. The van der Waals surface area contributed by atoms with Crippen LogP contribution >= 0.6 is 0 Å². The zero-order valence-corrected chi connectivity index (χ0v) is 18.0. The number of aromatic nitrogens is 4. The summed E-state index contributed by atoms with van der Waals surface area (Å²) < 4.78 is 7.29. The van der Waals surface area contributed by atoms with Crippen molar-refractivity contribution >= 4 is 17.0 Å². The number of rotatable bonds is 11. The first-order valence-electron chi connectivity index (χ1n) is 11.3. The molecule has 162 valence electrons. The summed E-state index contributed by atoms with van der Waals surface area (Å²) in [4.78, 5) is 26.6. The normalized spacial score (nSPS) is 17.8. The molecule has 8 nitrogen and oxygen atoms in total. The molecule has 1 aliphatic heterocycles. The van der Waals surface area contributed by atoms with Crippen molar-refractivity contribution in [3.8, 4) is 6.01 Å². The Kier molecular flexibility index (Phi) is 7.91. The van der Waals surface area contributed by atoms with E-state index in [4.69, 9.17) is 10.5 Å². The number of hydrogen-bond donors (Lipinski definition) is 2. The maximum atomic E-state index is 12.5. The lowest BCUT2D eigenvalue weighted by molar-refractivity contribution is 0.135. The number of aryl methyl sites for hydroxylation is 1. The molecular weight excluding hydrogens is 368 g/mol. The number of nitrogens with two attached hydrogens (primary N) is 1. The second-order valence-electron chi connectivity index (χ2n) is 8.06. The molecule has 3 rings (SSSR count). The van der Waals surface area contributed by atoms with E-state index in [1.165, 1.54) is 45.2 Å². The zero-order chi connectivity index (χ0) is 20.6. The number of anilines is 1. The molecule has 2 aromatic rings. The van der Waals surface area contributed by atoms with Gasteiger partial charge in [0.05, 0.1) is 6.61 Å². The number of fused-ring (bicyclic) bond motifs is 1. The van der Waals surface area contributed by atoms with Crippen molar-refractivity contribution in [3.05, 3.63) is 10.5 Å². The van der Waals surface area contributed by atoms with Crippen LogP contribution in [0.15, 0.2) is 4.79 Å². The fourth-order valence-electron chi connectivity index (χ4n) is 4.14. The van der Waals surface area contributed by atoms with E-state index in [-0.39, 0.29) is 17.5 Å². The Morgan fingerprint density at radius 3 is 2.76 bits per heavy atom. The van der Waals surface area contributed by atoms with Gasteiger partial charge < -0.3 is 20.4 Å². The molecule has 0 saturated carbocycles. The average molecular weight is 405 g/mol. The predicted octanol–water partition coefficient (Wildman–Crippen LogP) is 3.32. The minimum absolute atomic E-state index is 0.182. The highest BCUT2D eigenvalue weighted by molar-refractivity contribution is 5.81. The maximum Gasteiger partial charge on any atom is 0.327 e. The van der Waals surface area contributed by atoms with Gasteiger partial charge >= 0.3 is 11.7 Å². The Bertz CT molecular complexity index is 830. The van der Waals surface area contributed by atoms with E-state index in [1.807, 2.05) is 0 Å². The van der Waals surface area contributed by atoms with Crippen LogP contribution in [0, 0.1) is 0 Å². The Morgan fingerprint density at radius 1 is 1.14 bits per heavy atom. The number of H-pyrrole nitrogens is 1. The monoisotopic (exact) mass is 404 g/mol. The third-order valence-corrected chi connectivity index (χ3v) is 5.83.